The maximum Gasteiger partial charge on any atom is 0.251 e. The highest BCUT2D eigenvalue weighted by Gasteiger charge is 2.10. The van der Waals surface area contributed by atoms with E-state index in [9.17, 15) is 13.2 Å². The van der Waals surface area contributed by atoms with Crippen molar-refractivity contribution in [2.75, 3.05) is 25.4 Å². The molecule has 0 spiro atoms. The van der Waals surface area contributed by atoms with Gasteiger partial charge in [-0.2, -0.15) is 0 Å². The molecule has 1 rings (SSSR count). The summed E-state index contributed by atoms with van der Waals surface area (Å²) in [7, 11) is -3.34. The third-order valence-corrected chi connectivity index (χ3v) is 3.93. The molecule has 0 saturated carbocycles. The fourth-order valence-corrected chi connectivity index (χ4v) is 2.53. The number of benzene rings is 1. The summed E-state index contributed by atoms with van der Waals surface area (Å²) in [6, 6.07) is 6.58. The number of amides is 1. The van der Waals surface area contributed by atoms with E-state index < -0.39 is 10.0 Å². The third-order valence-electron chi connectivity index (χ3n) is 2.46. The molecule has 21 heavy (non-hydrogen) atoms. The van der Waals surface area contributed by atoms with Gasteiger partial charge in [0.2, 0.25) is 10.0 Å². The second kappa shape index (κ2) is 8.42. The Kier molecular flexibility index (Phi) is 6.88. The molecule has 0 atom stereocenters. The van der Waals surface area contributed by atoms with Gasteiger partial charge in [-0.1, -0.05) is 24.8 Å². The van der Waals surface area contributed by atoms with Crippen molar-refractivity contribution >= 4 is 15.9 Å². The minimum absolute atomic E-state index is 0.0285. The number of sulfonamides is 1. The molecule has 0 saturated heterocycles. The van der Waals surface area contributed by atoms with Crippen LogP contribution in [-0.4, -0.2) is 44.9 Å². The van der Waals surface area contributed by atoms with Gasteiger partial charge in [0, 0.05) is 24.2 Å². The average Bonchev–Trinajstić information content (AvgIpc) is 2.45. The van der Waals surface area contributed by atoms with Crippen LogP contribution in [0.3, 0.4) is 0 Å². The van der Waals surface area contributed by atoms with Crippen molar-refractivity contribution in [2.24, 2.45) is 0 Å². The quantitative estimate of drug-likeness (QED) is 0.629. The molecule has 1 aromatic carbocycles. The van der Waals surface area contributed by atoms with Crippen LogP contribution in [0.1, 0.15) is 22.8 Å². The van der Waals surface area contributed by atoms with Crippen molar-refractivity contribution < 1.29 is 18.3 Å². The van der Waals surface area contributed by atoms with Crippen molar-refractivity contribution in [1.29, 1.82) is 0 Å². The summed E-state index contributed by atoms with van der Waals surface area (Å²) in [6.07, 6.45) is 0. The molecule has 0 aliphatic heterocycles. The highest BCUT2D eigenvalue weighted by molar-refractivity contribution is 7.89. The van der Waals surface area contributed by atoms with E-state index >= 15 is 0 Å². The van der Waals surface area contributed by atoms with Gasteiger partial charge in [0.25, 0.3) is 5.91 Å². The van der Waals surface area contributed by atoms with Crippen LogP contribution in [-0.2, 0) is 10.0 Å². The summed E-state index contributed by atoms with van der Waals surface area (Å²) >= 11 is 0. The number of aliphatic hydroxyl groups excluding tert-OH is 1. The topological polar surface area (TPSA) is 95.5 Å². The van der Waals surface area contributed by atoms with E-state index in [4.69, 9.17) is 5.11 Å². The van der Waals surface area contributed by atoms with E-state index in [0.29, 0.717) is 17.7 Å². The van der Waals surface area contributed by atoms with Crippen LogP contribution in [0, 0.1) is 11.8 Å². The number of hydrogen-bond acceptors (Lipinski definition) is 4. The molecule has 0 radical (unpaired) electrons. The van der Waals surface area contributed by atoms with Crippen LogP contribution < -0.4 is 10.0 Å². The summed E-state index contributed by atoms with van der Waals surface area (Å²) in [5.74, 6) is 4.66. The number of carbonyl (C=O) groups is 1. The maximum absolute atomic E-state index is 11.9. The van der Waals surface area contributed by atoms with Gasteiger partial charge >= 0.3 is 0 Å². The molecule has 1 aromatic rings. The molecule has 0 aliphatic rings. The van der Waals surface area contributed by atoms with Crippen molar-refractivity contribution in [1.82, 2.24) is 10.0 Å². The lowest BCUT2D eigenvalue weighted by Gasteiger charge is -2.07. The van der Waals surface area contributed by atoms with Gasteiger partial charge in [-0.25, -0.2) is 13.1 Å². The van der Waals surface area contributed by atoms with E-state index in [1.807, 2.05) is 0 Å². The zero-order valence-corrected chi connectivity index (χ0v) is 12.5. The van der Waals surface area contributed by atoms with Gasteiger partial charge < -0.3 is 10.4 Å². The van der Waals surface area contributed by atoms with Gasteiger partial charge in [-0.15, -0.1) is 0 Å². The Bertz CT molecular complexity index is 644. The smallest absolute Gasteiger partial charge is 0.251 e. The molecule has 1 amide bonds. The largest absolute Gasteiger partial charge is 0.384 e. The first-order chi connectivity index (χ1) is 9.98. The highest BCUT2D eigenvalue weighted by Crippen LogP contribution is 2.04. The Morgan fingerprint density at radius 1 is 1.38 bits per heavy atom. The Labute approximate surface area is 124 Å². The Morgan fingerprint density at radius 2 is 2.14 bits per heavy atom. The normalized spacial score (nSPS) is 10.6. The molecule has 0 aromatic heterocycles. The minimum Gasteiger partial charge on any atom is -0.384 e. The predicted octanol–water partition coefficient (Wildman–Crippen LogP) is -0.300. The Hall–Kier alpha value is -1.88. The van der Waals surface area contributed by atoms with Gasteiger partial charge in [0.05, 0.1) is 5.75 Å². The average molecular weight is 310 g/mol. The van der Waals surface area contributed by atoms with E-state index in [1.165, 1.54) is 0 Å². The summed E-state index contributed by atoms with van der Waals surface area (Å²) in [4.78, 5) is 11.9. The van der Waals surface area contributed by atoms with Crippen LogP contribution in [0.5, 0.6) is 0 Å². The number of nitrogens with one attached hydrogen (secondary N) is 2. The Balaban J connectivity index is 2.60. The summed E-state index contributed by atoms with van der Waals surface area (Å²) in [5.41, 5.74) is 0.998. The van der Waals surface area contributed by atoms with Gasteiger partial charge in [-0.3, -0.25) is 4.79 Å². The number of carbonyl (C=O) groups excluding carboxylic acids is 1. The van der Waals surface area contributed by atoms with Crippen LogP contribution >= 0.6 is 0 Å². The van der Waals surface area contributed by atoms with Crippen LogP contribution in [0.2, 0.25) is 0 Å². The van der Waals surface area contributed by atoms with Crippen molar-refractivity contribution in [3.63, 3.8) is 0 Å². The second-order valence-electron chi connectivity index (χ2n) is 4.11. The van der Waals surface area contributed by atoms with Crippen LogP contribution in [0.4, 0.5) is 0 Å². The predicted molar refractivity (Wildman–Crippen MR) is 80.2 cm³/mol. The molecule has 6 nitrogen and oxygen atoms in total. The first-order valence-corrected chi connectivity index (χ1v) is 8.09. The molecule has 0 fully saturated rings. The number of hydrogen-bond donors (Lipinski definition) is 3. The first kappa shape index (κ1) is 17.2. The van der Waals surface area contributed by atoms with Gasteiger partial charge in [0.15, 0.2) is 0 Å². The van der Waals surface area contributed by atoms with E-state index in [1.54, 1.807) is 31.2 Å². The molecule has 0 aliphatic carbocycles. The molecule has 7 heteroatoms. The zero-order chi connectivity index (χ0) is 15.7. The van der Waals surface area contributed by atoms with Gasteiger partial charge in [-0.05, 0) is 18.2 Å². The molecular formula is C14H18N2O4S. The van der Waals surface area contributed by atoms with E-state index in [-0.39, 0.29) is 24.8 Å². The van der Waals surface area contributed by atoms with E-state index in [0.717, 1.165) is 0 Å². The number of aliphatic hydroxyl groups is 1. The molecule has 0 bridgehead atoms. The first-order valence-electron chi connectivity index (χ1n) is 6.44. The van der Waals surface area contributed by atoms with E-state index in [2.05, 4.69) is 21.9 Å². The molecule has 0 heterocycles. The SMILES string of the molecule is CCNS(=O)(=O)CCNC(=O)c1cccc(C#CCO)c1. The summed E-state index contributed by atoms with van der Waals surface area (Å²) < 4.78 is 25.2. The lowest BCUT2D eigenvalue weighted by atomic mass is 10.1. The fourth-order valence-electron chi connectivity index (χ4n) is 1.57. The third kappa shape index (κ3) is 6.40. The Morgan fingerprint density at radius 3 is 2.81 bits per heavy atom. The molecule has 3 N–H and O–H groups in total. The lowest BCUT2D eigenvalue weighted by molar-refractivity contribution is 0.0956. The summed E-state index contributed by atoms with van der Waals surface area (Å²) in [5, 5.41) is 11.2. The van der Waals surface area contributed by atoms with Crippen LogP contribution in [0.15, 0.2) is 24.3 Å². The second-order valence-corrected chi connectivity index (χ2v) is 6.04. The maximum atomic E-state index is 11.9. The fraction of sp³-hybridized carbons (Fsp3) is 0.357. The van der Waals surface area contributed by atoms with Crippen LogP contribution in [0.25, 0.3) is 0 Å². The van der Waals surface area contributed by atoms with Gasteiger partial charge in [0.1, 0.15) is 6.61 Å². The van der Waals surface area contributed by atoms with Crippen molar-refractivity contribution in [3.8, 4) is 11.8 Å². The molecule has 0 unspecified atom stereocenters. The summed E-state index contributed by atoms with van der Waals surface area (Å²) in [6.45, 7) is 1.79. The lowest BCUT2D eigenvalue weighted by Crippen LogP contribution is -2.34. The minimum atomic E-state index is -3.34. The highest BCUT2D eigenvalue weighted by atomic mass is 32.2. The number of rotatable bonds is 6. The zero-order valence-electron chi connectivity index (χ0n) is 11.7. The van der Waals surface area contributed by atoms with Crippen molar-refractivity contribution in [2.45, 2.75) is 6.92 Å². The molecule has 114 valence electrons. The molecular weight excluding hydrogens is 292 g/mol. The van der Waals surface area contributed by atoms with Crippen molar-refractivity contribution in [3.05, 3.63) is 35.4 Å². The standard InChI is InChI=1S/C14H18N2O4S/c1-2-16-21(19,20)10-8-15-14(18)13-7-3-5-12(11-13)6-4-9-17/h3,5,7,11,16-17H,2,8-10H2,1H3,(H,15,18). The monoisotopic (exact) mass is 310 g/mol.